The van der Waals surface area contributed by atoms with Crippen LogP contribution in [0.5, 0.6) is 0 Å². The van der Waals surface area contributed by atoms with Gasteiger partial charge in [-0.05, 0) is 79.3 Å². The van der Waals surface area contributed by atoms with Crippen LogP contribution >= 0.6 is 0 Å². The molecule has 26 heavy (non-hydrogen) atoms. The molecule has 1 radical (unpaired) electrons. The molecule has 0 fully saturated rings. The summed E-state index contributed by atoms with van der Waals surface area (Å²) >= 11 is 0. The first kappa shape index (κ1) is 16.6. The van der Waals surface area contributed by atoms with E-state index in [1.165, 1.54) is 5.56 Å². The number of aromatic amines is 2. The first-order valence-electron chi connectivity index (χ1n) is 8.26. The van der Waals surface area contributed by atoms with Crippen molar-refractivity contribution >= 4 is 46.4 Å². The van der Waals surface area contributed by atoms with E-state index in [-0.39, 0.29) is 16.8 Å². The van der Waals surface area contributed by atoms with Crippen LogP contribution in [0.4, 0.5) is 0 Å². The standard InChI is InChI=1S/C21H16N4.Co/c1-13-8-20-11-18-5-4-16(23-18)9-14-2-3-15(22-14)10-17-6-7-19(24-17)12-21(13)25-20;/h2-12,22,25H,1H3;. The van der Waals surface area contributed by atoms with Crippen molar-refractivity contribution in [3.05, 3.63) is 70.8 Å². The number of aromatic nitrogens is 4. The minimum atomic E-state index is 0. The van der Waals surface area contributed by atoms with Gasteiger partial charge >= 0.3 is 0 Å². The predicted octanol–water partition coefficient (Wildman–Crippen LogP) is 4.96. The molecule has 2 N–H and O–H groups in total. The summed E-state index contributed by atoms with van der Waals surface area (Å²) in [5.41, 5.74) is 9.13. The molecular formula is C21H16CoN4. The van der Waals surface area contributed by atoms with Gasteiger partial charge in [-0.1, -0.05) is 0 Å². The fourth-order valence-electron chi connectivity index (χ4n) is 3.16. The van der Waals surface area contributed by atoms with Gasteiger partial charge in [0.15, 0.2) is 0 Å². The molecule has 3 aromatic rings. The Hall–Kier alpha value is -2.89. The van der Waals surface area contributed by atoms with E-state index >= 15 is 0 Å². The largest absolute Gasteiger partial charge is 0.355 e. The molecule has 0 saturated heterocycles. The fourth-order valence-corrected chi connectivity index (χ4v) is 3.16. The summed E-state index contributed by atoms with van der Waals surface area (Å²) in [5, 5.41) is 0. The van der Waals surface area contributed by atoms with Gasteiger partial charge in [0.25, 0.3) is 0 Å². The van der Waals surface area contributed by atoms with Crippen LogP contribution in [0.25, 0.3) is 46.4 Å². The van der Waals surface area contributed by atoms with E-state index in [0.717, 1.165) is 44.8 Å². The number of hydrogen-bond acceptors (Lipinski definition) is 2. The first-order valence-corrected chi connectivity index (χ1v) is 8.26. The molecule has 2 aliphatic heterocycles. The van der Waals surface area contributed by atoms with Gasteiger partial charge in [0.1, 0.15) is 0 Å². The Morgan fingerprint density at radius 3 is 1.69 bits per heavy atom. The van der Waals surface area contributed by atoms with Gasteiger partial charge in [-0.15, -0.1) is 0 Å². The van der Waals surface area contributed by atoms with E-state index in [0.29, 0.717) is 0 Å². The van der Waals surface area contributed by atoms with Gasteiger partial charge in [-0.3, -0.25) is 0 Å². The van der Waals surface area contributed by atoms with Crippen molar-refractivity contribution in [2.45, 2.75) is 6.92 Å². The SMILES string of the molecule is Cc1cc2cc3nc(cc4ccc(cc5nc(cc1[nH]2)C=C5)[nH]4)C=C3.[Co]. The van der Waals surface area contributed by atoms with Gasteiger partial charge in [-0.25, -0.2) is 9.97 Å². The number of aryl methyl sites for hydroxylation is 1. The molecule has 4 nitrogen and oxygen atoms in total. The maximum Gasteiger partial charge on any atom is 0.0658 e. The molecular weight excluding hydrogens is 367 g/mol. The Morgan fingerprint density at radius 2 is 1.12 bits per heavy atom. The fraction of sp³-hybridized carbons (Fsp3) is 0.0476. The maximum absolute atomic E-state index is 4.68. The summed E-state index contributed by atoms with van der Waals surface area (Å²) in [6.07, 6.45) is 8.13. The van der Waals surface area contributed by atoms with E-state index in [9.17, 15) is 0 Å². The quantitative estimate of drug-likeness (QED) is 0.397. The summed E-state index contributed by atoms with van der Waals surface area (Å²) in [6.45, 7) is 2.10. The summed E-state index contributed by atoms with van der Waals surface area (Å²) in [7, 11) is 0. The Morgan fingerprint density at radius 1 is 0.615 bits per heavy atom. The molecule has 3 aromatic heterocycles. The van der Waals surface area contributed by atoms with Crippen LogP contribution in [0.2, 0.25) is 0 Å². The van der Waals surface area contributed by atoms with E-state index in [4.69, 9.17) is 0 Å². The number of rotatable bonds is 0. The predicted molar refractivity (Wildman–Crippen MR) is 104 cm³/mol. The van der Waals surface area contributed by atoms with Crippen LogP contribution in [0.1, 0.15) is 28.3 Å². The number of fused-ring (bicyclic) bond motifs is 8. The average Bonchev–Trinajstić information content (AvgIpc) is 3.33. The summed E-state index contributed by atoms with van der Waals surface area (Å²) in [6, 6.07) is 14.5. The van der Waals surface area contributed by atoms with Gasteiger partial charge in [0, 0.05) is 38.8 Å². The number of hydrogen-bond donors (Lipinski definition) is 2. The topological polar surface area (TPSA) is 57.4 Å². The smallest absolute Gasteiger partial charge is 0.0658 e. The Bertz CT molecular complexity index is 1210. The van der Waals surface area contributed by atoms with E-state index in [2.05, 4.69) is 57.2 Å². The van der Waals surface area contributed by atoms with E-state index < -0.39 is 0 Å². The second-order valence-electron chi connectivity index (χ2n) is 6.36. The third kappa shape index (κ3) is 3.14. The van der Waals surface area contributed by atoms with Crippen LogP contribution in [0, 0.1) is 6.92 Å². The molecule has 0 spiro atoms. The second kappa shape index (κ2) is 6.44. The van der Waals surface area contributed by atoms with E-state index in [1.807, 2.05) is 36.4 Å². The molecule has 5 rings (SSSR count). The summed E-state index contributed by atoms with van der Waals surface area (Å²) < 4.78 is 0. The van der Waals surface area contributed by atoms with Crippen molar-refractivity contribution in [1.82, 2.24) is 19.9 Å². The van der Waals surface area contributed by atoms with Gasteiger partial charge in [-0.2, -0.15) is 0 Å². The monoisotopic (exact) mass is 383 g/mol. The Kier molecular flexibility index (Phi) is 4.10. The molecule has 0 saturated carbocycles. The van der Waals surface area contributed by atoms with Crippen molar-refractivity contribution in [2.24, 2.45) is 0 Å². The third-order valence-corrected chi connectivity index (χ3v) is 4.38. The van der Waals surface area contributed by atoms with Crippen molar-refractivity contribution in [3.8, 4) is 0 Å². The van der Waals surface area contributed by atoms with Crippen LogP contribution in [-0.2, 0) is 16.8 Å². The van der Waals surface area contributed by atoms with Gasteiger partial charge in [0.2, 0.25) is 0 Å². The van der Waals surface area contributed by atoms with Crippen molar-refractivity contribution < 1.29 is 16.8 Å². The summed E-state index contributed by atoms with van der Waals surface area (Å²) in [5.74, 6) is 0. The molecule has 2 aliphatic rings. The van der Waals surface area contributed by atoms with Crippen LogP contribution < -0.4 is 0 Å². The number of H-pyrrole nitrogens is 2. The zero-order valence-electron chi connectivity index (χ0n) is 14.1. The van der Waals surface area contributed by atoms with Crippen molar-refractivity contribution in [1.29, 1.82) is 0 Å². The molecule has 0 atom stereocenters. The van der Waals surface area contributed by atoms with Crippen molar-refractivity contribution in [2.75, 3.05) is 0 Å². The summed E-state index contributed by atoms with van der Waals surface area (Å²) in [4.78, 5) is 16.2. The normalized spacial score (nSPS) is 12.2. The van der Waals surface area contributed by atoms with Gasteiger partial charge in [0.05, 0.1) is 22.8 Å². The molecule has 5 heteroatoms. The van der Waals surface area contributed by atoms with Crippen LogP contribution in [-0.4, -0.2) is 19.9 Å². The van der Waals surface area contributed by atoms with E-state index in [1.54, 1.807) is 0 Å². The second-order valence-corrected chi connectivity index (χ2v) is 6.36. The number of nitrogens with one attached hydrogen (secondary N) is 2. The Balaban J connectivity index is 0.00000168. The maximum atomic E-state index is 4.68. The van der Waals surface area contributed by atoms with Crippen LogP contribution in [0.15, 0.2) is 42.5 Å². The molecule has 0 unspecified atom stereocenters. The zero-order chi connectivity index (χ0) is 16.8. The molecule has 0 aromatic carbocycles. The van der Waals surface area contributed by atoms with Crippen LogP contribution in [0.3, 0.4) is 0 Å². The molecule has 5 heterocycles. The minimum Gasteiger partial charge on any atom is -0.355 e. The Labute approximate surface area is 160 Å². The molecule has 0 amide bonds. The zero-order valence-corrected chi connectivity index (χ0v) is 15.1. The molecule has 129 valence electrons. The minimum absolute atomic E-state index is 0. The first-order chi connectivity index (χ1) is 12.2. The average molecular weight is 383 g/mol. The van der Waals surface area contributed by atoms with Gasteiger partial charge < -0.3 is 9.97 Å². The van der Waals surface area contributed by atoms with Crippen molar-refractivity contribution in [3.63, 3.8) is 0 Å². The molecule has 8 bridgehead atoms. The third-order valence-electron chi connectivity index (χ3n) is 4.38. The molecule has 0 aliphatic carbocycles. The number of nitrogens with zero attached hydrogens (tertiary/aromatic N) is 2.